The van der Waals surface area contributed by atoms with Gasteiger partial charge in [0.15, 0.2) is 11.6 Å². The summed E-state index contributed by atoms with van der Waals surface area (Å²) in [5.74, 6) is 0.485. The predicted molar refractivity (Wildman–Crippen MR) is 82.3 cm³/mol. The maximum Gasteiger partial charge on any atom is 0.158 e. The van der Waals surface area contributed by atoms with E-state index >= 15 is 0 Å². The summed E-state index contributed by atoms with van der Waals surface area (Å²) in [6.45, 7) is 2.60. The third-order valence-corrected chi connectivity index (χ3v) is 3.70. The summed E-state index contributed by atoms with van der Waals surface area (Å²) >= 11 is 0. The number of Topliss-reactive ketones (excluding diaryl/α,β-unsaturated/α-hetero) is 2. The van der Waals surface area contributed by atoms with Gasteiger partial charge in [-0.2, -0.15) is 0 Å². The van der Waals surface area contributed by atoms with Crippen LogP contribution in [0.3, 0.4) is 0 Å². The van der Waals surface area contributed by atoms with Gasteiger partial charge in [-0.05, 0) is 38.2 Å². The SMILES string of the molecule is COCC(C)OCC(=O)CCCCCCC1=CCCC1=O. The lowest BCUT2D eigenvalue weighted by Crippen LogP contribution is -2.19. The van der Waals surface area contributed by atoms with Gasteiger partial charge in [0.1, 0.15) is 6.61 Å². The Labute approximate surface area is 127 Å². The summed E-state index contributed by atoms with van der Waals surface area (Å²) in [6, 6.07) is 0. The molecule has 0 amide bonds. The summed E-state index contributed by atoms with van der Waals surface area (Å²) in [7, 11) is 1.62. The Morgan fingerprint density at radius 1 is 1.29 bits per heavy atom. The third kappa shape index (κ3) is 8.12. The van der Waals surface area contributed by atoms with E-state index in [-0.39, 0.29) is 18.5 Å². The van der Waals surface area contributed by atoms with Gasteiger partial charge < -0.3 is 9.47 Å². The van der Waals surface area contributed by atoms with Gasteiger partial charge in [0.2, 0.25) is 0 Å². The van der Waals surface area contributed by atoms with Crippen LogP contribution in [0, 0.1) is 0 Å². The highest BCUT2D eigenvalue weighted by molar-refractivity contribution is 5.97. The van der Waals surface area contributed by atoms with Crippen LogP contribution in [0.5, 0.6) is 0 Å². The Bertz CT molecular complexity index is 360. The van der Waals surface area contributed by atoms with E-state index in [0.717, 1.165) is 44.1 Å². The van der Waals surface area contributed by atoms with Crippen molar-refractivity contribution in [2.24, 2.45) is 0 Å². The van der Waals surface area contributed by atoms with Crippen molar-refractivity contribution < 1.29 is 19.1 Å². The van der Waals surface area contributed by atoms with E-state index in [4.69, 9.17) is 9.47 Å². The molecule has 120 valence electrons. The van der Waals surface area contributed by atoms with Crippen LogP contribution >= 0.6 is 0 Å². The number of ketones is 2. The molecule has 21 heavy (non-hydrogen) atoms. The van der Waals surface area contributed by atoms with Gasteiger partial charge >= 0.3 is 0 Å². The summed E-state index contributed by atoms with van der Waals surface area (Å²) in [5.41, 5.74) is 1.02. The summed E-state index contributed by atoms with van der Waals surface area (Å²) in [4.78, 5) is 23.0. The van der Waals surface area contributed by atoms with E-state index in [1.807, 2.05) is 6.92 Å². The first-order valence-corrected chi connectivity index (χ1v) is 7.98. The molecule has 0 heterocycles. The molecule has 0 aromatic carbocycles. The quantitative estimate of drug-likeness (QED) is 0.519. The number of carbonyl (C=O) groups is 2. The highest BCUT2D eigenvalue weighted by atomic mass is 16.5. The van der Waals surface area contributed by atoms with Gasteiger partial charge in [-0.1, -0.05) is 18.9 Å². The van der Waals surface area contributed by atoms with Gasteiger partial charge in [0.05, 0.1) is 12.7 Å². The van der Waals surface area contributed by atoms with Crippen LogP contribution < -0.4 is 0 Å². The number of ether oxygens (including phenoxy) is 2. The largest absolute Gasteiger partial charge is 0.382 e. The highest BCUT2D eigenvalue weighted by Crippen LogP contribution is 2.20. The Morgan fingerprint density at radius 2 is 2.05 bits per heavy atom. The fourth-order valence-corrected chi connectivity index (χ4v) is 2.47. The average molecular weight is 296 g/mol. The number of hydrogen-bond acceptors (Lipinski definition) is 4. The van der Waals surface area contributed by atoms with E-state index in [0.29, 0.717) is 25.2 Å². The molecule has 4 nitrogen and oxygen atoms in total. The van der Waals surface area contributed by atoms with Crippen molar-refractivity contribution in [2.45, 2.75) is 64.4 Å². The highest BCUT2D eigenvalue weighted by Gasteiger charge is 2.13. The van der Waals surface area contributed by atoms with Crippen LogP contribution in [0.2, 0.25) is 0 Å². The van der Waals surface area contributed by atoms with Crippen LogP contribution in [0.25, 0.3) is 0 Å². The van der Waals surface area contributed by atoms with E-state index in [1.165, 1.54) is 0 Å². The molecule has 0 aliphatic heterocycles. The fourth-order valence-electron chi connectivity index (χ4n) is 2.47. The molecule has 0 saturated carbocycles. The molecular weight excluding hydrogens is 268 g/mol. The zero-order valence-corrected chi connectivity index (χ0v) is 13.4. The van der Waals surface area contributed by atoms with Gasteiger partial charge in [0.25, 0.3) is 0 Å². The Hall–Kier alpha value is -1.00. The topological polar surface area (TPSA) is 52.6 Å². The molecule has 0 saturated heterocycles. The number of carbonyl (C=O) groups excluding carboxylic acids is 2. The van der Waals surface area contributed by atoms with Crippen LogP contribution in [0.15, 0.2) is 11.6 Å². The van der Waals surface area contributed by atoms with Gasteiger partial charge in [0, 0.05) is 20.0 Å². The van der Waals surface area contributed by atoms with Crippen LogP contribution in [-0.4, -0.2) is 38.0 Å². The van der Waals surface area contributed by atoms with Crippen molar-refractivity contribution in [3.8, 4) is 0 Å². The monoisotopic (exact) mass is 296 g/mol. The molecule has 1 aliphatic rings. The molecule has 0 fully saturated rings. The fraction of sp³-hybridized carbons (Fsp3) is 0.765. The lowest BCUT2D eigenvalue weighted by Gasteiger charge is -2.10. The second-order valence-electron chi connectivity index (χ2n) is 5.72. The standard InChI is InChI=1S/C17H28O4/c1-14(12-20-2)21-13-16(18)10-6-4-3-5-8-15-9-7-11-17(15)19/h9,14H,3-8,10-13H2,1-2H3. The Morgan fingerprint density at radius 3 is 2.71 bits per heavy atom. The van der Waals surface area contributed by atoms with Crippen molar-refractivity contribution >= 4 is 11.6 Å². The Balaban J connectivity index is 1.94. The molecule has 0 aromatic rings. The van der Waals surface area contributed by atoms with Gasteiger partial charge in [-0.25, -0.2) is 0 Å². The Kier molecular flexibility index (Phi) is 9.19. The molecule has 1 atom stereocenters. The molecule has 1 rings (SSSR count). The van der Waals surface area contributed by atoms with Gasteiger partial charge in [-0.15, -0.1) is 0 Å². The lowest BCUT2D eigenvalue weighted by atomic mass is 10.0. The van der Waals surface area contributed by atoms with E-state index < -0.39 is 0 Å². The molecule has 1 unspecified atom stereocenters. The molecule has 0 aromatic heterocycles. The minimum absolute atomic E-state index is 0.0313. The minimum atomic E-state index is -0.0313. The van der Waals surface area contributed by atoms with Crippen LogP contribution in [0.1, 0.15) is 58.3 Å². The van der Waals surface area contributed by atoms with Crippen molar-refractivity contribution in [1.29, 1.82) is 0 Å². The molecular formula is C17H28O4. The van der Waals surface area contributed by atoms with E-state index in [2.05, 4.69) is 6.08 Å². The number of allylic oxidation sites excluding steroid dienone is 2. The molecule has 0 N–H and O–H groups in total. The van der Waals surface area contributed by atoms with Crippen molar-refractivity contribution in [2.75, 3.05) is 20.3 Å². The third-order valence-electron chi connectivity index (χ3n) is 3.70. The maximum atomic E-state index is 11.6. The van der Waals surface area contributed by atoms with Crippen LogP contribution in [-0.2, 0) is 19.1 Å². The number of methoxy groups -OCH3 is 1. The zero-order chi connectivity index (χ0) is 15.5. The summed E-state index contributed by atoms with van der Waals surface area (Å²) in [6.07, 6.45) is 9.24. The van der Waals surface area contributed by atoms with Crippen LogP contribution in [0.4, 0.5) is 0 Å². The second-order valence-corrected chi connectivity index (χ2v) is 5.72. The summed E-state index contributed by atoms with van der Waals surface area (Å²) in [5, 5.41) is 0. The number of unbranched alkanes of at least 4 members (excludes halogenated alkanes) is 3. The zero-order valence-electron chi connectivity index (χ0n) is 13.4. The van der Waals surface area contributed by atoms with Crippen molar-refractivity contribution in [3.05, 3.63) is 11.6 Å². The van der Waals surface area contributed by atoms with Crippen molar-refractivity contribution in [3.63, 3.8) is 0 Å². The maximum absolute atomic E-state index is 11.6. The summed E-state index contributed by atoms with van der Waals surface area (Å²) < 4.78 is 10.3. The van der Waals surface area contributed by atoms with E-state index in [9.17, 15) is 9.59 Å². The molecule has 0 radical (unpaired) electrons. The molecule has 4 heteroatoms. The molecule has 0 spiro atoms. The van der Waals surface area contributed by atoms with Crippen molar-refractivity contribution in [1.82, 2.24) is 0 Å². The first-order chi connectivity index (χ1) is 10.1. The average Bonchev–Trinajstić information content (AvgIpc) is 2.86. The first-order valence-electron chi connectivity index (χ1n) is 7.98. The minimum Gasteiger partial charge on any atom is -0.382 e. The number of hydrogen-bond donors (Lipinski definition) is 0. The molecule has 0 bridgehead atoms. The van der Waals surface area contributed by atoms with Gasteiger partial charge in [-0.3, -0.25) is 9.59 Å². The normalized spacial score (nSPS) is 16.1. The van der Waals surface area contributed by atoms with E-state index in [1.54, 1.807) is 7.11 Å². The smallest absolute Gasteiger partial charge is 0.158 e. The predicted octanol–water partition coefficient (Wildman–Crippen LogP) is 3.24. The molecule has 1 aliphatic carbocycles. The first kappa shape index (κ1) is 18.1. The number of rotatable bonds is 12. The second kappa shape index (κ2) is 10.7. The lowest BCUT2D eigenvalue weighted by molar-refractivity contribution is -0.126.